The van der Waals surface area contributed by atoms with Gasteiger partial charge in [-0.3, -0.25) is 15.0 Å². The maximum Gasteiger partial charge on any atom is 0.325 e. The SMILES string of the molecule is CCOc1ccc(NC(=O)NC(=O)CN(C)Cc2ccc(Cl)cc2)cc1OCC. The summed E-state index contributed by atoms with van der Waals surface area (Å²) in [6, 6.07) is 11.8. The average Bonchev–Trinajstić information content (AvgIpc) is 2.65. The summed E-state index contributed by atoms with van der Waals surface area (Å²) in [5.41, 5.74) is 1.52. The predicted octanol–water partition coefficient (Wildman–Crippen LogP) is 3.92. The van der Waals surface area contributed by atoms with E-state index in [0.717, 1.165) is 5.56 Å². The lowest BCUT2D eigenvalue weighted by molar-refractivity contribution is -0.120. The Kier molecular flexibility index (Phi) is 8.76. The number of benzene rings is 2. The fourth-order valence-corrected chi connectivity index (χ4v) is 2.79. The van der Waals surface area contributed by atoms with Gasteiger partial charge in [-0.1, -0.05) is 23.7 Å². The third kappa shape index (κ3) is 7.63. The highest BCUT2D eigenvalue weighted by atomic mass is 35.5. The van der Waals surface area contributed by atoms with Crippen molar-refractivity contribution in [1.82, 2.24) is 10.2 Å². The van der Waals surface area contributed by atoms with Crippen LogP contribution in [0.3, 0.4) is 0 Å². The van der Waals surface area contributed by atoms with Crippen LogP contribution in [0.1, 0.15) is 19.4 Å². The van der Waals surface area contributed by atoms with E-state index < -0.39 is 11.9 Å². The summed E-state index contributed by atoms with van der Waals surface area (Å²) in [6.07, 6.45) is 0. The third-order valence-electron chi connectivity index (χ3n) is 3.83. The number of urea groups is 1. The van der Waals surface area contributed by atoms with Crippen LogP contribution < -0.4 is 20.1 Å². The molecule has 2 aromatic carbocycles. The molecule has 0 aliphatic heterocycles. The van der Waals surface area contributed by atoms with Crippen molar-refractivity contribution in [3.63, 3.8) is 0 Å². The number of nitrogens with zero attached hydrogens (tertiary/aromatic N) is 1. The van der Waals surface area contributed by atoms with Crippen molar-refractivity contribution >= 4 is 29.2 Å². The summed E-state index contributed by atoms with van der Waals surface area (Å²) < 4.78 is 11.0. The lowest BCUT2D eigenvalue weighted by atomic mass is 10.2. The molecule has 8 heteroatoms. The van der Waals surface area contributed by atoms with Crippen LogP contribution >= 0.6 is 11.6 Å². The molecule has 0 fully saturated rings. The molecule has 0 bridgehead atoms. The molecular formula is C21H26ClN3O4. The number of imide groups is 1. The molecule has 3 amide bonds. The molecule has 7 nitrogen and oxygen atoms in total. The minimum Gasteiger partial charge on any atom is -0.490 e. The lowest BCUT2D eigenvalue weighted by Crippen LogP contribution is -2.40. The Hall–Kier alpha value is -2.77. The van der Waals surface area contributed by atoms with Crippen molar-refractivity contribution in [1.29, 1.82) is 0 Å². The van der Waals surface area contributed by atoms with Crippen molar-refractivity contribution in [3.05, 3.63) is 53.1 Å². The monoisotopic (exact) mass is 419 g/mol. The number of anilines is 1. The number of carbonyl (C=O) groups is 2. The van der Waals surface area contributed by atoms with Gasteiger partial charge in [0, 0.05) is 23.3 Å². The molecule has 2 N–H and O–H groups in total. The lowest BCUT2D eigenvalue weighted by Gasteiger charge is -2.16. The number of halogens is 1. The van der Waals surface area contributed by atoms with Crippen LogP contribution in [0, 0.1) is 0 Å². The van der Waals surface area contributed by atoms with Crippen molar-refractivity contribution < 1.29 is 19.1 Å². The van der Waals surface area contributed by atoms with Gasteiger partial charge in [0.25, 0.3) is 0 Å². The molecular weight excluding hydrogens is 394 g/mol. The summed E-state index contributed by atoms with van der Waals surface area (Å²) in [5.74, 6) is 0.719. The van der Waals surface area contributed by atoms with E-state index in [1.807, 2.05) is 26.0 Å². The van der Waals surface area contributed by atoms with Gasteiger partial charge in [-0.2, -0.15) is 0 Å². The molecule has 29 heavy (non-hydrogen) atoms. The van der Waals surface area contributed by atoms with Gasteiger partial charge in [-0.15, -0.1) is 0 Å². The molecule has 0 heterocycles. The Bertz CT molecular complexity index is 827. The number of nitrogens with one attached hydrogen (secondary N) is 2. The first-order chi connectivity index (χ1) is 13.9. The highest BCUT2D eigenvalue weighted by Crippen LogP contribution is 2.30. The van der Waals surface area contributed by atoms with Gasteiger partial charge in [0.2, 0.25) is 5.91 Å². The number of likely N-dealkylation sites (N-methyl/N-ethyl adjacent to an activating group) is 1. The maximum absolute atomic E-state index is 12.1. The van der Waals surface area contributed by atoms with Gasteiger partial charge in [0.05, 0.1) is 19.8 Å². The van der Waals surface area contributed by atoms with Crippen molar-refractivity contribution in [2.75, 3.05) is 32.1 Å². The minimum atomic E-state index is -0.610. The molecule has 0 saturated carbocycles. The molecule has 2 aromatic rings. The van der Waals surface area contributed by atoms with E-state index in [-0.39, 0.29) is 6.54 Å². The first-order valence-electron chi connectivity index (χ1n) is 9.34. The van der Waals surface area contributed by atoms with Crippen LogP contribution in [-0.2, 0) is 11.3 Å². The van der Waals surface area contributed by atoms with Gasteiger partial charge < -0.3 is 14.8 Å². The maximum atomic E-state index is 12.1. The van der Waals surface area contributed by atoms with Crippen molar-refractivity contribution in [2.45, 2.75) is 20.4 Å². The van der Waals surface area contributed by atoms with Gasteiger partial charge in [-0.05, 0) is 50.7 Å². The van der Waals surface area contributed by atoms with E-state index in [1.165, 1.54) is 0 Å². The number of amides is 3. The molecule has 156 valence electrons. The van der Waals surface area contributed by atoms with Crippen LogP contribution in [0.15, 0.2) is 42.5 Å². The zero-order valence-corrected chi connectivity index (χ0v) is 17.6. The number of rotatable bonds is 9. The molecule has 0 aromatic heterocycles. The van der Waals surface area contributed by atoms with E-state index >= 15 is 0 Å². The van der Waals surface area contributed by atoms with E-state index in [2.05, 4.69) is 10.6 Å². The summed E-state index contributed by atoms with van der Waals surface area (Å²) in [6.45, 7) is 5.35. The summed E-state index contributed by atoms with van der Waals surface area (Å²) in [5, 5.41) is 5.61. The van der Waals surface area contributed by atoms with E-state index in [0.29, 0.717) is 42.0 Å². The molecule has 2 rings (SSSR count). The van der Waals surface area contributed by atoms with Gasteiger partial charge >= 0.3 is 6.03 Å². The van der Waals surface area contributed by atoms with Crippen molar-refractivity contribution in [3.8, 4) is 11.5 Å². The Labute approximate surface area is 175 Å². The topological polar surface area (TPSA) is 79.9 Å². The zero-order valence-electron chi connectivity index (χ0n) is 16.8. The Morgan fingerprint density at radius 3 is 2.31 bits per heavy atom. The number of hydrogen-bond donors (Lipinski definition) is 2. The smallest absolute Gasteiger partial charge is 0.325 e. The fraction of sp³-hybridized carbons (Fsp3) is 0.333. The second-order valence-corrected chi connectivity index (χ2v) is 6.77. The Morgan fingerprint density at radius 2 is 1.66 bits per heavy atom. The van der Waals surface area contributed by atoms with E-state index in [1.54, 1.807) is 42.3 Å². The van der Waals surface area contributed by atoms with Crippen LogP contribution in [0.2, 0.25) is 5.02 Å². The minimum absolute atomic E-state index is 0.0729. The fourth-order valence-electron chi connectivity index (χ4n) is 2.66. The first kappa shape index (κ1) is 22.5. The zero-order chi connectivity index (χ0) is 21.2. The largest absolute Gasteiger partial charge is 0.490 e. The van der Waals surface area contributed by atoms with Crippen LogP contribution in [0.4, 0.5) is 10.5 Å². The summed E-state index contributed by atoms with van der Waals surface area (Å²) >= 11 is 5.87. The van der Waals surface area contributed by atoms with Gasteiger partial charge in [0.15, 0.2) is 11.5 Å². The Balaban J connectivity index is 1.86. The number of ether oxygens (including phenoxy) is 2. The molecule has 0 aliphatic carbocycles. The van der Waals surface area contributed by atoms with Crippen LogP contribution in [0.5, 0.6) is 11.5 Å². The van der Waals surface area contributed by atoms with Crippen LogP contribution in [0.25, 0.3) is 0 Å². The molecule has 0 atom stereocenters. The highest BCUT2D eigenvalue weighted by Gasteiger charge is 2.13. The first-order valence-corrected chi connectivity index (χ1v) is 9.72. The average molecular weight is 420 g/mol. The van der Waals surface area contributed by atoms with E-state index in [4.69, 9.17) is 21.1 Å². The van der Waals surface area contributed by atoms with Crippen molar-refractivity contribution in [2.24, 2.45) is 0 Å². The normalized spacial score (nSPS) is 10.5. The molecule has 0 spiro atoms. The number of hydrogen-bond acceptors (Lipinski definition) is 5. The summed E-state index contributed by atoms with van der Waals surface area (Å²) in [4.78, 5) is 26.1. The standard InChI is InChI=1S/C21H26ClN3O4/c1-4-28-18-11-10-17(12-19(18)29-5-2)23-21(27)24-20(26)14-25(3)13-15-6-8-16(22)9-7-15/h6-12H,4-5,13-14H2,1-3H3,(H2,23,24,26,27). The molecule has 0 aliphatic rings. The second kappa shape index (κ2) is 11.3. The molecule has 0 radical (unpaired) electrons. The third-order valence-corrected chi connectivity index (χ3v) is 4.09. The second-order valence-electron chi connectivity index (χ2n) is 6.33. The van der Waals surface area contributed by atoms with Gasteiger partial charge in [-0.25, -0.2) is 4.79 Å². The van der Waals surface area contributed by atoms with Gasteiger partial charge in [0.1, 0.15) is 0 Å². The quantitative estimate of drug-likeness (QED) is 0.644. The Morgan fingerprint density at radius 1 is 1.00 bits per heavy atom. The predicted molar refractivity (Wildman–Crippen MR) is 114 cm³/mol. The highest BCUT2D eigenvalue weighted by molar-refractivity contribution is 6.30. The molecule has 0 saturated heterocycles. The molecule has 0 unspecified atom stereocenters. The summed E-state index contributed by atoms with van der Waals surface area (Å²) in [7, 11) is 1.80. The van der Waals surface area contributed by atoms with E-state index in [9.17, 15) is 9.59 Å². The number of carbonyl (C=O) groups excluding carboxylic acids is 2. The van der Waals surface area contributed by atoms with Crippen LogP contribution in [-0.4, -0.2) is 43.6 Å².